The normalized spacial score (nSPS) is 11.1. The number of phenolic OH excluding ortho intramolecular Hbond substituents is 1. The van der Waals surface area contributed by atoms with Crippen molar-refractivity contribution in [3.8, 4) is 17.0 Å². The molecule has 0 fully saturated rings. The number of aromatic hydroxyl groups is 1. The predicted octanol–water partition coefficient (Wildman–Crippen LogP) is 2.50. The number of nitrogens with zero attached hydrogens (tertiary/aromatic N) is 2. The van der Waals surface area contributed by atoms with Gasteiger partial charge in [-0.1, -0.05) is 19.9 Å². The first-order valence-electron chi connectivity index (χ1n) is 5.62. The summed E-state index contributed by atoms with van der Waals surface area (Å²) >= 11 is 0. The second-order valence-corrected chi connectivity index (χ2v) is 4.51. The van der Waals surface area contributed by atoms with E-state index in [-0.39, 0.29) is 5.75 Å². The summed E-state index contributed by atoms with van der Waals surface area (Å²) in [5.74, 6) is 1.22. The molecule has 0 saturated heterocycles. The summed E-state index contributed by atoms with van der Waals surface area (Å²) in [5, 5.41) is 14.2. The van der Waals surface area contributed by atoms with Crippen molar-refractivity contribution in [2.45, 2.75) is 19.8 Å². The van der Waals surface area contributed by atoms with E-state index in [1.165, 1.54) is 5.56 Å². The summed E-state index contributed by atoms with van der Waals surface area (Å²) in [5.41, 5.74) is 8.34. The van der Waals surface area contributed by atoms with Crippen molar-refractivity contribution < 1.29 is 5.11 Å². The Labute approximate surface area is 101 Å². The minimum Gasteiger partial charge on any atom is -0.507 e. The lowest BCUT2D eigenvalue weighted by atomic mass is 9.99. The minimum absolute atomic E-state index is 0.229. The molecule has 4 heteroatoms. The van der Waals surface area contributed by atoms with E-state index in [9.17, 15) is 5.11 Å². The molecule has 3 N–H and O–H groups in total. The molecule has 0 aliphatic heterocycles. The Hall–Kier alpha value is -1.97. The Bertz CT molecular complexity index is 524. The van der Waals surface area contributed by atoms with Crippen LogP contribution in [-0.4, -0.2) is 14.9 Å². The van der Waals surface area contributed by atoms with Gasteiger partial charge in [-0.25, -0.2) is 0 Å². The summed E-state index contributed by atoms with van der Waals surface area (Å²) in [4.78, 5) is 0. The zero-order valence-electron chi connectivity index (χ0n) is 10.3. The molecule has 0 aliphatic rings. The Balaban J connectivity index is 2.54. The van der Waals surface area contributed by atoms with Crippen LogP contribution in [0.1, 0.15) is 25.3 Å². The lowest BCUT2D eigenvalue weighted by Gasteiger charge is -2.08. The quantitative estimate of drug-likeness (QED) is 0.834. The number of benzene rings is 1. The SMILES string of the molecule is CC(C)c1ccc(O)c(-c2cc(N)n(C)n2)c1. The van der Waals surface area contributed by atoms with Gasteiger partial charge >= 0.3 is 0 Å². The van der Waals surface area contributed by atoms with Gasteiger partial charge in [-0.3, -0.25) is 4.68 Å². The van der Waals surface area contributed by atoms with Crippen LogP contribution in [0.3, 0.4) is 0 Å². The first-order chi connectivity index (χ1) is 7.99. The van der Waals surface area contributed by atoms with Crippen molar-refractivity contribution in [3.05, 3.63) is 29.8 Å². The molecule has 0 unspecified atom stereocenters. The van der Waals surface area contributed by atoms with Crippen molar-refractivity contribution in [2.24, 2.45) is 7.05 Å². The van der Waals surface area contributed by atoms with Crippen LogP contribution < -0.4 is 5.73 Å². The maximum atomic E-state index is 9.88. The van der Waals surface area contributed by atoms with E-state index in [1.54, 1.807) is 23.9 Å². The molecule has 0 bridgehead atoms. The molecule has 0 amide bonds. The molecule has 1 heterocycles. The molecule has 0 atom stereocenters. The number of rotatable bonds is 2. The maximum absolute atomic E-state index is 9.88. The molecule has 0 saturated carbocycles. The average Bonchev–Trinajstić information content (AvgIpc) is 2.59. The molecular formula is C13H17N3O. The third-order valence-electron chi connectivity index (χ3n) is 2.88. The number of hydrogen-bond acceptors (Lipinski definition) is 3. The van der Waals surface area contributed by atoms with Crippen LogP contribution in [0.2, 0.25) is 0 Å². The summed E-state index contributed by atoms with van der Waals surface area (Å²) in [6, 6.07) is 7.35. The average molecular weight is 231 g/mol. The summed E-state index contributed by atoms with van der Waals surface area (Å²) in [6.45, 7) is 4.23. The fourth-order valence-corrected chi connectivity index (χ4v) is 1.73. The van der Waals surface area contributed by atoms with E-state index in [0.29, 0.717) is 17.4 Å². The Morgan fingerprint density at radius 3 is 2.53 bits per heavy atom. The minimum atomic E-state index is 0.229. The van der Waals surface area contributed by atoms with Crippen LogP contribution in [0, 0.1) is 0 Å². The van der Waals surface area contributed by atoms with Crippen LogP contribution >= 0.6 is 0 Å². The highest BCUT2D eigenvalue weighted by Gasteiger charge is 2.11. The van der Waals surface area contributed by atoms with Crippen molar-refractivity contribution in [3.63, 3.8) is 0 Å². The van der Waals surface area contributed by atoms with E-state index < -0.39 is 0 Å². The number of phenols is 1. The molecule has 1 aromatic carbocycles. The van der Waals surface area contributed by atoms with Crippen LogP contribution in [0.4, 0.5) is 5.82 Å². The number of nitrogen functional groups attached to an aromatic ring is 1. The molecular weight excluding hydrogens is 214 g/mol. The third kappa shape index (κ3) is 2.11. The van der Waals surface area contributed by atoms with Gasteiger partial charge in [0, 0.05) is 18.7 Å². The zero-order chi connectivity index (χ0) is 12.6. The largest absolute Gasteiger partial charge is 0.507 e. The summed E-state index contributed by atoms with van der Waals surface area (Å²) in [6.07, 6.45) is 0. The van der Waals surface area contributed by atoms with Crippen molar-refractivity contribution >= 4 is 5.82 Å². The van der Waals surface area contributed by atoms with E-state index in [0.717, 1.165) is 5.56 Å². The molecule has 90 valence electrons. The van der Waals surface area contributed by atoms with Gasteiger partial charge in [0.2, 0.25) is 0 Å². The van der Waals surface area contributed by atoms with Gasteiger partial charge in [0.1, 0.15) is 11.6 Å². The van der Waals surface area contributed by atoms with Crippen LogP contribution in [0.15, 0.2) is 24.3 Å². The number of aryl methyl sites for hydroxylation is 1. The van der Waals surface area contributed by atoms with Crippen molar-refractivity contribution in [1.82, 2.24) is 9.78 Å². The van der Waals surface area contributed by atoms with E-state index in [4.69, 9.17) is 5.73 Å². The molecule has 0 aliphatic carbocycles. The number of anilines is 1. The first kappa shape index (κ1) is 11.5. The van der Waals surface area contributed by atoms with Crippen molar-refractivity contribution in [1.29, 1.82) is 0 Å². The van der Waals surface area contributed by atoms with E-state index in [2.05, 4.69) is 18.9 Å². The fourth-order valence-electron chi connectivity index (χ4n) is 1.73. The van der Waals surface area contributed by atoms with Gasteiger partial charge in [-0.15, -0.1) is 0 Å². The van der Waals surface area contributed by atoms with Gasteiger partial charge in [0.05, 0.1) is 5.69 Å². The lowest BCUT2D eigenvalue weighted by Crippen LogP contribution is -1.96. The molecule has 2 rings (SSSR count). The topological polar surface area (TPSA) is 64.1 Å². The van der Waals surface area contributed by atoms with Crippen LogP contribution in [0.5, 0.6) is 5.75 Å². The highest BCUT2D eigenvalue weighted by Crippen LogP contribution is 2.31. The highest BCUT2D eigenvalue weighted by atomic mass is 16.3. The Kier molecular flexibility index (Phi) is 2.79. The van der Waals surface area contributed by atoms with Gasteiger partial charge in [-0.2, -0.15) is 5.10 Å². The van der Waals surface area contributed by atoms with Gasteiger partial charge < -0.3 is 10.8 Å². The van der Waals surface area contributed by atoms with Gasteiger partial charge in [0.25, 0.3) is 0 Å². The zero-order valence-corrected chi connectivity index (χ0v) is 10.3. The third-order valence-corrected chi connectivity index (χ3v) is 2.88. The van der Waals surface area contributed by atoms with Crippen LogP contribution in [-0.2, 0) is 7.05 Å². The molecule has 17 heavy (non-hydrogen) atoms. The smallest absolute Gasteiger partial charge is 0.125 e. The Morgan fingerprint density at radius 2 is 2.00 bits per heavy atom. The monoisotopic (exact) mass is 231 g/mol. The summed E-state index contributed by atoms with van der Waals surface area (Å²) in [7, 11) is 1.78. The second kappa shape index (κ2) is 4.13. The fraction of sp³-hybridized carbons (Fsp3) is 0.308. The number of aromatic nitrogens is 2. The van der Waals surface area contributed by atoms with Crippen LogP contribution in [0.25, 0.3) is 11.3 Å². The number of nitrogens with two attached hydrogens (primary N) is 1. The van der Waals surface area contributed by atoms with Gasteiger partial charge in [0.15, 0.2) is 0 Å². The Morgan fingerprint density at radius 1 is 1.29 bits per heavy atom. The maximum Gasteiger partial charge on any atom is 0.125 e. The van der Waals surface area contributed by atoms with Crippen molar-refractivity contribution in [2.75, 3.05) is 5.73 Å². The second-order valence-electron chi connectivity index (χ2n) is 4.51. The first-order valence-corrected chi connectivity index (χ1v) is 5.62. The van der Waals surface area contributed by atoms with Gasteiger partial charge in [-0.05, 0) is 23.6 Å². The van der Waals surface area contributed by atoms with E-state index >= 15 is 0 Å². The molecule has 0 radical (unpaired) electrons. The molecule has 1 aromatic heterocycles. The highest BCUT2D eigenvalue weighted by molar-refractivity contribution is 5.69. The molecule has 2 aromatic rings. The lowest BCUT2D eigenvalue weighted by molar-refractivity contribution is 0.476. The molecule has 0 spiro atoms. The standard InChI is InChI=1S/C13H17N3O/c1-8(2)9-4-5-12(17)10(6-9)11-7-13(14)16(3)15-11/h4-8,17H,14H2,1-3H3. The molecule has 4 nitrogen and oxygen atoms in total. The number of hydrogen-bond donors (Lipinski definition) is 2. The van der Waals surface area contributed by atoms with E-state index in [1.807, 2.05) is 12.1 Å². The predicted molar refractivity (Wildman–Crippen MR) is 68.8 cm³/mol. The summed E-state index contributed by atoms with van der Waals surface area (Å²) < 4.78 is 1.59.